The molecular formula is C15H8ClF6NO3. The lowest BCUT2D eigenvalue weighted by atomic mass is 10.0. The van der Waals surface area contributed by atoms with Crippen molar-refractivity contribution >= 4 is 17.6 Å². The van der Waals surface area contributed by atoms with Gasteiger partial charge in [-0.25, -0.2) is 9.78 Å². The smallest absolute Gasteiger partial charge is 0.434 e. The molecule has 0 fully saturated rings. The van der Waals surface area contributed by atoms with E-state index in [1.165, 1.54) is 24.3 Å². The van der Waals surface area contributed by atoms with Crippen molar-refractivity contribution in [3.63, 3.8) is 0 Å². The average molecular weight is 400 g/mol. The van der Waals surface area contributed by atoms with Crippen LogP contribution >= 0.6 is 11.6 Å². The summed E-state index contributed by atoms with van der Waals surface area (Å²) in [6, 6.07) is 5.76. The van der Waals surface area contributed by atoms with Crippen LogP contribution in [-0.2, 0) is 6.18 Å². The van der Waals surface area contributed by atoms with Crippen molar-refractivity contribution in [2.45, 2.75) is 12.4 Å². The summed E-state index contributed by atoms with van der Waals surface area (Å²) in [7, 11) is 0. The van der Waals surface area contributed by atoms with Crippen LogP contribution in [-0.4, -0.2) is 28.8 Å². The number of carbonyl (C=O) groups is 1. The van der Waals surface area contributed by atoms with Crippen LogP contribution in [0.4, 0.5) is 26.3 Å². The summed E-state index contributed by atoms with van der Waals surface area (Å²) in [4.78, 5) is 14.2. The molecule has 11 heteroatoms. The minimum Gasteiger partial charge on any atom is -0.478 e. The maximum atomic E-state index is 13.0. The van der Waals surface area contributed by atoms with E-state index in [9.17, 15) is 31.1 Å². The van der Waals surface area contributed by atoms with Gasteiger partial charge in [0, 0.05) is 10.6 Å². The van der Waals surface area contributed by atoms with Gasteiger partial charge in [0.15, 0.2) is 12.3 Å². The molecule has 1 aromatic carbocycles. The lowest BCUT2D eigenvalue weighted by molar-refractivity contribution is -0.154. The topological polar surface area (TPSA) is 59.4 Å². The number of pyridine rings is 1. The lowest BCUT2D eigenvalue weighted by Gasteiger charge is -2.16. The second-order valence-corrected chi connectivity index (χ2v) is 5.39. The first-order valence-electron chi connectivity index (χ1n) is 6.69. The predicted octanol–water partition coefficient (Wildman–Crippen LogP) is 5.06. The van der Waals surface area contributed by atoms with Crippen LogP contribution in [0.25, 0.3) is 11.1 Å². The second-order valence-electron chi connectivity index (χ2n) is 4.95. The maximum Gasteiger partial charge on any atom is 0.434 e. The number of benzene rings is 1. The van der Waals surface area contributed by atoms with Crippen molar-refractivity contribution in [3.05, 3.63) is 46.6 Å². The molecule has 0 aliphatic rings. The summed E-state index contributed by atoms with van der Waals surface area (Å²) in [5.74, 6) is -2.94. The minimum absolute atomic E-state index is 0.0790. The fourth-order valence-corrected chi connectivity index (χ4v) is 2.10. The highest BCUT2D eigenvalue weighted by Gasteiger charge is 2.39. The first kappa shape index (κ1) is 19.8. The summed E-state index contributed by atoms with van der Waals surface area (Å²) in [6.45, 7) is -1.90. The van der Waals surface area contributed by atoms with E-state index in [1.807, 2.05) is 0 Å². The number of aromatic nitrogens is 1. The van der Waals surface area contributed by atoms with E-state index >= 15 is 0 Å². The quantitative estimate of drug-likeness (QED) is 0.730. The van der Waals surface area contributed by atoms with Crippen LogP contribution in [0.1, 0.15) is 16.1 Å². The van der Waals surface area contributed by atoms with Crippen molar-refractivity contribution in [2.75, 3.05) is 6.61 Å². The van der Waals surface area contributed by atoms with Crippen LogP contribution in [0.2, 0.25) is 5.02 Å². The molecule has 0 spiro atoms. The van der Waals surface area contributed by atoms with Gasteiger partial charge in [0.2, 0.25) is 5.88 Å². The highest BCUT2D eigenvalue weighted by atomic mass is 35.5. The molecule has 2 aromatic rings. The van der Waals surface area contributed by atoms with Gasteiger partial charge in [-0.05, 0) is 23.8 Å². The highest BCUT2D eigenvalue weighted by molar-refractivity contribution is 6.30. The average Bonchev–Trinajstić information content (AvgIpc) is 2.51. The van der Waals surface area contributed by atoms with E-state index in [-0.39, 0.29) is 16.1 Å². The number of alkyl halides is 6. The van der Waals surface area contributed by atoms with Gasteiger partial charge in [0.05, 0.1) is 5.56 Å². The molecule has 26 heavy (non-hydrogen) atoms. The Labute approximate surface area is 147 Å². The molecule has 2 rings (SSSR count). The number of carboxylic acid groups (broad SMARTS) is 1. The van der Waals surface area contributed by atoms with Crippen LogP contribution < -0.4 is 4.74 Å². The zero-order valence-corrected chi connectivity index (χ0v) is 13.2. The molecule has 0 aliphatic carbocycles. The Morgan fingerprint density at radius 1 is 1.12 bits per heavy atom. The highest BCUT2D eigenvalue weighted by Crippen LogP contribution is 2.38. The van der Waals surface area contributed by atoms with Crippen molar-refractivity contribution in [1.82, 2.24) is 4.98 Å². The van der Waals surface area contributed by atoms with Gasteiger partial charge in [-0.15, -0.1) is 0 Å². The van der Waals surface area contributed by atoms with Gasteiger partial charge in [0.1, 0.15) is 0 Å². The molecule has 0 amide bonds. The van der Waals surface area contributed by atoms with E-state index in [0.717, 1.165) is 0 Å². The molecule has 4 nitrogen and oxygen atoms in total. The molecule has 0 saturated heterocycles. The summed E-state index contributed by atoms with van der Waals surface area (Å²) in [5.41, 5.74) is -3.35. The summed E-state index contributed by atoms with van der Waals surface area (Å²) >= 11 is 5.69. The molecule has 0 saturated carbocycles. The molecule has 1 N–H and O–H groups in total. The van der Waals surface area contributed by atoms with Crippen LogP contribution in [0.3, 0.4) is 0 Å². The zero-order chi connectivity index (χ0) is 19.7. The molecule has 0 bridgehead atoms. The van der Waals surface area contributed by atoms with E-state index in [0.29, 0.717) is 6.07 Å². The Hall–Kier alpha value is -2.49. The number of aromatic carboxylic acids is 1. The lowest BCUT2D eigenvalue weighted by Crippen LogP contribution is -2.22. The Morgan fingerprint density at radius 2 is 1.69 bits per heavy atom. The third-order valence-corrected chi connectivity index (χ3v) is 3.27. The van der Waals surface area contributed by atoms with Gasteiger partial charge >= 0.3 is 18.3 Å². The van der Waals surface area contributed by atoms with E-state index in [1.54, 1.807) is 0 Å². The summed E-state index contributed by atoms with van der Waals surface area (Å²) < 4.78 is 80.6. The number of halogens is 7. The predicted molar refractivity (Wildman–Crippen MR) is 78.2 cm³/mol. The van der Waals surface area contributed by atoms with Crippen molar-refractivity contribution in [1.29, 1.82) is 0 Å². The minimum atomic E-state index is -5.21. The van der Waals surface area contributed by atoms with Gasteiger partial charge < -0.3 is 9.84 Å². The molecule has 1 aromatic heterocycles. The number of hydrogen-bond acceptors (Lipinski definition) is 3. The van der Waals surface area contributed by atoms with E-state index < -0.39 is 42.1 Å². The van der Waals surface area contributed by atoms with Gasteiger partial charge in [-0.1, -0.05) is 23.7 Å². The van der Waals surface area contributed by atoms with Gasteiger partial charge in [-0.3, -0.25) is 0 Å². The molecule has 1 heterocycles. The SMILES string of the molecule is O=C(O)c1cc(-c2ccc(Cl)cc2)c(OCC(F)(F)F)nc1C(F)(F)F. The largest absolute Gasteiger partial charge is 0.478 e. The maximum absolute atomic E-state index is 13.0. The Bertz CT molecular complexity index is 818. The van der Waals surface area contributed by atoms with E-state index in [4.69, 9.17) is 16.7 Å². The number of ether oxygens (including phenoxy) is 1. The molecule has 0 radical (unpaired) electrons. The molecule has 0 atom stereocenters. The molecule has 0 unspecified atom stereocenters. The Balaban J connectivity index is 2.67. The third-order valence-electron chi connectivity index (χ3n) is 3.01. The zero-order valence-electron chi connectivity index (χ0n) is 12.5. The Morgan fingerprint density at radius 3 is 2.15 bits per heavy atom. The van der Waals surface area contributed by atoms with E-state index in [2.05, 4.69) is 9.72 Å². The fourth-order valence-electron chi connectivity index (χ4n) is 1.97. The van der Waals surface area contributed by atoms with Gasteiger partial charge in [-0.2, -0.15) is 26.3 Å². The van der Waals surface area contributed by atoms with Crippen LogP contribution in [0.5, 0.6) is 5.88 Å². The standard InChI is InChI=1S/C15H8ClF6NO3/c16-8-3-1-7(2-4-8)9-5-10(13(24)25)11(15(20,21)22)23-12(9)26-6-14(17,18)19/h1-5H,6H2,(H,24,25). The summed E-state index contributed by atoms with van der Waals surface area (Å²) in [6.07, 6.45) is -10.0. The van der Waals surface area contributed by atoms with Crippen LogP contribution in [0, 0.1) is 0 Å². The third kappa shape index (κ3) is 4.78. The first-order chi connectivity index (χ1) is 11.9. The first-order valence-corrected chi connectivity index (χ1v) is 7.07. The normalized spacial score (nSPS) is 12.1. The number of hydrogen-bond donors (Lipinski definition) is 1. The number of rotatable bonds is 4. The van der Waals surface area contributed by atoms with Crippen LogP contribution in [0.15, 0.2) is 30.3 Å². The fraction of sp³-hybridized carbons (Fsp3) is 0.200. The van der Waals surface area contributed by atoms with Gasteiger partial charge in [0.25, 0.3) is 0 Å². The Kier molecular flexibility index (Phi) is 5.36. The molecule has 0 aliphatic heterocycles. The monoisotopic (exact) mass is 399 g/mol. The summed E-state index contributed by atoms with van der Waals surface area (Å²) in [5, 5.41) is 9.27. The molecular weight excluding hydrogens is 392 g/mol. The van der Waals surface area contributed by atoms with Crippen molar-refractivity contribution in [3.8, 4) is 17.0 Å². The second kappa shape index (κ2) is 7.02. The number of carboxylic acids is 1. The van der Waals surface area contributed by atoms with Crippen molar-refractivity contribution in [2.24, 2.45) is 0 Å². The number of nitrogens with zero attached hydrogens (tertiary/aromatic N) is 1. The van der Waals surface area contributed by atoms with Crippen molar-refractivity contribution < 1.29 is 41.0 Å². The molecule has 140 valence electrons.